The molecule has 154 valence electrons. The second kappa shape index (κ2) is 9.89. The quantitative estimate of drug-likeness (QED) is 0.297. The first-order valence-corrected chi connectivity index (χ1v) is 11.4. The van der Waals surface area contributed by atoms with Gasteiger partial charge in [0.25, 0.3) is 0 Å². The first-order valence-electron chi connectivity index (χ1n) is 9.51. The molecular formula is C21H25ClN4OS2. The van der Waals surface area contributed by atoms with Crippen LogP contribution in [0.5, 0.6) is 0 Å². The fourth-order valence-electron chi connectivity index (χ4n) is 3.56. The Morgan fingerprint density at radius 2 is 2.10 bits per heavy atom. The number of thioether (sulfide) groups is 1. The molecule has 0 N–H and O–H groups in total. The fourth-order valence-corrected chi connectivity index (χ4v) is 5.03. The van der Waals surface area contributed by atoms with E-state index in [1.54, 1.807) is 30.0 Å². The van der Waals surface area contributed by atoms with Gasteiger partial charge in [0, 0.05) is 42.4 Å². The highest BCUT2D eigenvalue weighted by atomic mass is 35.5. The molecule has 0 saturated carbocycles. The van der Waals surface area contributed by atoms with Gasteiger partial charge in [0.15, 0.2) is 16.8 Å². The Morgan fingerprint density at radius 1 is 1.24 bits per heavy atom. The molecule has 0 atom stereocenters. The zero-order chi connectivity index (χ0) is 19.5. The lowest BCUT2D eigenvalue weighted by atomic mass is 9.96. The monoisotopic (exact) mass is 448 g/mol. The van der Waals surface area contributed by atoms with Crippen LogP contribution < -0.4 is 0 Å². The minimum Gasteiger partial charge on any atom is -0.305 e. The Morgan fingerprint density at radius 3 is 2.86 bits per heavy atom. The molecule has 1 aliphatic heterocycles. The van der Waals surface area contributed by atoms with E-state index >= 15 is 0 Å². The summed E-state index contributed by atoms with van der Waals surface area (Å²) in [6.07, 6.45) is 2.17. The number of hydrogen-bond donors (Lipinski definition) is 0. The molecule has 2 aromatic heterocycles. The molecule has 0 radical (unpaired) electrons. The van der Waals surface area contributed by atoms with Crippen LogP contribution in [0, 0.1) is 0 Å². The molecule has 1 aromatic carbocycles. The molecule has 1 aliphatic rings. The normalized spacial score (nSPS) is 13.7. The molecule has 0 saturated heterocycles. The van der Waals surface area contributed by atoms with Crippen molar-refractivity contribution in [2.45, 2.75) is 31.5 Å². The summed E-state index contributed by atoms with van der Waals surface area (Å²) in [5, 5.41) is 13.8. The van der Waals surface area contributed by atoms with Gasteiger partial charge in [-0.2, -0.15) is 11.3 Å². The Balaban J connectivity index is 0.00000240. The Hall–Kier alpha value is -1.67. The molecule has 8 heteroatoms. The number of rotatable bonds is 7. The third kappa shape index (κ3) is 5.09. The predicted molar refractivity (Wildman–Crippen MR) is 122 cm³/mol. The molecule has 0 aliphatic carbocycles. The topological polar surface area (TPSA) is 51.0 Å². The minimum absolute atomic E-state index is 0. The number of Topliss-reactive ketones (excluding diaryl/α,β-unsaturated/α-hetero) is 1. The number of carbonyl (C=O) groups excluding carboxylic acids is 1. The molecule has 0 unspecified atom stereocenters. The molecular weight excluding hydrogens is 424 g/mol. The van der Waals surface area contributed by atoms with Crippen LogP contribution in [0.4, 0.5) is 0 Å². The third-order valence-electron chi connectivity index (χ3n) is 5.17. The minimum atomic E-state index is 0. The summed E-state index contributed by atoms with van der Waals surface area (Å²) >= 11 is 3.44. The van der Waals surface area contributed by atoms with Gasteiger partial charge in [-0.05, 0) is 54.9 Å². The highest BCUT2D eigenvalue weighted by Gasteiger charge is 2.17. The van der Waals surface area contributed by atoms with E-state index in [0.29, 0.717) is 0 Å². The van der Waals surface area contributed by atoms with Gasteiger partial charge in [-0.25, -0.2) is 0 Å². The van der Waals surface area contributed by atoms with Crippen molar-refractivity contribution in [3.05, 3.63) is 51.7 Å². The number of halogens is 1. The zero-order valence-electron chi connectivity index (χ0n) is 16.6. The molecule has 3 heterocycles. The van der Waals surface area contributed by atoms with Crippen LogP contribution in [0.25, 0.3) is 11.4 Å². The van der Waals surface area contributed by atoms with Gasteiger partial charge in [-0.3, -0.25) is 9.69 Å². The number of ketones is 1. The molecule has 0 fully saturated rings. The average Bonchev–Trinajstić information content (AvgIpc) is 3.34. The smallest absolute Gasteiger partial charge is 0.191 e. The molecule has 0 amide bonds. The van der Waals surface area contributed by atoms with Crippen LogP contribution in [-0.2, 0) is 20.0 Å². The SMILES string of the molecule is CC(=O)c1ccc2c(c1)CN(CCCSc1nnc(-c3ccsc3)n1C)CC2.Cl. The van der Waals surface area contributed by atoms with Gasteiger partial charge >= 0.3 is 0 Å². The summed E-state index contributed by atoms with van der Waals surface area (Å²) in [6, 6.07) is 8.23. The Labute approximate surface area is 185 Å². The maximum Gasteiger partial charge on any atom is 0.191 e. The van der Waals surface area contributed by atoms with Crippen molar-refractivity contribution in [1.82, 2.24) is 19.7 Å². The number of nitrogens with zero attached hydrogens (tertiary/aromatic N) is 4. The van der Waals surface area contributed by atoms with Gasteiger partial charge in [0.2, 0.25) is 0 Å². The van der Waals surface area contributed by atoms with Crippen LogP contribution in [0.3, 0.4) is 0 Å². The molecule has 0 spiro atoms. The Bertz CT molecular complexity index is 971. The van der Waals surface area contributed by atoms with E-state index in [1.807, 2.05) is 13.1 Å². The number of hydrogen-bond acceptors (Lipinski definition) is 6. The van der Waals surface area contributed by atoms with Crippen molar-refractivity contribution in [2.24, 2.45) is 7.05 Å². The van der Waals surface area contributed by atoms with Crippen molar-refractivity contribution in [2.75, 3.05) is 18.8 Å². The number of thiophene rings is 1. The standard InChI is InChI=1S/C21H24N4OS2.ClH/c1-15(26)17-5-4-16-6-9-25(13-19(16)12-17)8-3-10-28-21-23-22-20(24(21)2)18-7-11-27-14-18;/h4-5,7,11-12,14H,3,6,8-10,13H2,1-2H3;1H. The van der Waals surface area contributed by atoms with E-state index in [4.69, 9.17) is 0 Å². The van der Waals surface area contributed by atoms with Crippen molar-refractivity contribution in [3.63, 3.8) is 0 Å². The van der Waals surface area contributed by atoms with Crippen molar-refractivity contribution in [3.8, 4) is 11.4 Å². The largest absolute Gasteiger partial charge is 0.305 e. The molecule has 3 aromatic rings. The van der Waals surface area contributed by atoms with Crippen LogP contribution in [0.1, 0.15) is 34.8 Å². The highest BCUT2D eigenvalue weighted by molar-refractivity contribution is 7.99. The molecule has 5 nitrogen and oxygen atoms in total. The predicted octanol–water partition coefficient (Wildman–Crippen LogP) is 4.71. The second-order valence-electron chi connectivity index (χ2n) is 7.15. The summed E-state index contributed by atoms with van der Waals surface area (Å²) in [6.45, 7) is 4.72. The maximum absolute atomic E-state index is 11.6. The maximum atomic E-state index is 11.6. The van der Waals surface area contributed by atoms with Crippen molar-refractivity contribution in [1.29, 1.82) is 0 Å². The third-order valence-corrected chi connectivity index (χ3v) is 6.96. The summed E-state index contributed by atoms with van der Waals surface area (Å²) in [5.41, 5.74) is 4.64. The van der Waals surface area contributed by atoms with E-state index in [1.165, 1.54) is 11.1 Å². The average molecular weight is 449 g/mol. The van der Waals surface area contributed by atoms with E-state index < -0.39 is 0 Å². The van der Waals surface area contributed by atoms with Crippen LogP contribution in [0.2, 0.25) is 0 Å². The number of aromatic nitrogens is 3. The van der Waals surface area contributed by atoms with Gasteiger partial charge in [-0.1, -0.05) is 23.9 Å². The first kappa shape index (κ1) is 22.0. The van der Waals surface area contributed by atoms with Crippen LogP contribution in [0.15, 0.2) is 40.2 Å². The lowest BCUT2D eigenvalue weighted by molar-refractivity contribution is 0.101. The van der Waals surface area contributed by atoms with E-state index in [2.05, 4.69) is 48.6 Å². The van der Waals surface area contributed by atoms with E-state index in [9.17, 15) is 4.79 Å². The van der Waals surface area contributed by atoms with Crippen LogP contribution >= 0.6 is 35.5 Å². The lowest BCUT2D eigenvalue weighted by Crippen LogP contribution is -2.31. The number of fused-ring (bicyclic) bond motifs is 1. The molecule has 4 rings (SSSR count). The summed E-state index contributed by atoms with van der Waals surface area (Å²) in [5.74, 6) is 2.09. The lowest BCUT2D eigenvalue weighted by Gasteiger charge is -2.29. The van der Waals surface area contributed by atoms with Gasteiger partial charge in [0.1, 0.15) is 0 Å². The van der Waals surface area contributed by atoms with E-state index in [-0.39, 0.29) is 18.2 Å². The van der Waals surface area contributed by atoms with Gasteiger partial charge in [-0.15, -0.1) is 22.6 Å². The molecule has 29 heavy (non-hydrogen) atoms. The van der Waals surface area contributed by atoms with Gasteiger partial charge < -0.3 is 4.57 Å². The Kier molecular flexibility index (Phi) is 7.51. The van der Waals surface area contributed by atoms with E-state index in [0.717, 1.165) is 60.3 Å². The van der Waals surface area contributed by atoms with Crippen LogP contribution in [-0.4, -0.2) is 44.3 Å². The second-order valence-corrected chi connectivity index (χ2v) is 8.99. The summed E-state index contributed by atoms with van der Waals surface area (Å²) in [4.78, 5) is 14.1. The number of benzene rings is 1. The summed E-state index contributed by atoms with van der Waals surface area (Å²) < 4.78 is 2.08. The van der Waals surface area contributed by atoms with Crippen molar-refractivity contribution >= 4 is 41.3 Å². The molecule has 0 bridgehead atoms. The zero-order valence-corrected chi connectivity index (χ0v) is 19.1. The fraction of sp³-hybridized carbons (Fsp3) is 0.381. The number of carbonyl (C=O) groups is 1. The summed E-state index contributed by atoms with van der Waals surface area (Å²) in [7, 11) is 2.03. The highest BCUT2D eigenvalue weighted by Crippen LogP contribution is 2.25. The first-order chi connectivity index (χ1) is 13.6. The van der Waals surface area contributed by atoms with Crippen molar-refractivity contribution < 1.29 is 4.79 Å². The van der Waals surface area contributed by atoms with Gasteiger partial charge in [0.05, 0.1) is 0 Å².